The fraction of sp³-hybridized carbons (Fsp3) is 0.136. The Morgan fingerprint density at radius 2 is 1.89 bits per heavy atom. The molecule has 5 heteroatoms. The van der Waals surface area contributed by atoms with Crippen molar-refractivity contribution in [2.24, 2.45) is 0 Å². The summed E-state index contributed by atoms with van der Waals surface area (Å²) in [7, 11) is 0. The highest BCUT2D eigenvalue weighted by atomic mass is 79.9. The van der Waals surface area contributed by atoms with E-state index in [2.05, 4.69) is 68.1 Å². The summed E-state index contributed by atoms with van der Waals surface area (Å²) in [4.78, 5) is 17.1. The third kappa shape index (κ3) is 4.15. The van der Waals surface area contributed by atoms with Gasteiger partial charge < -0.3 is 10.3 Å². The van der Waals surface area contributed by atoms with Gasteiger partial charge in [0.25, 0.3) is 0 Å². The van der Waals surface area contributed by atoms with Gasteiger partial charge >= 0.3 is 0 Å². The Bertz CT molecular complexity index is 1040. The van der Waals surface area contributed by atoms with E-state index in [-0.39, 0.29) is 11.8 Å². The number of fused-ring (bicyclic) bond motifs is 1. The van der Waals surface area contributed by atoms with Crippen LogP contribution in [0.2, 0.25) is 0 Å². The van der Waals surface area contributed by atoms with Crippen LogP contribution < -0.4 is 5.32 Å². The van der Waals surface area contributed by atoms with Gasteiger partial charge in [-0.1, -0.05) is 52.3 Å². The highest BCUT2D eigenvalue weighted by Crippen LogP contribution is 2.32. The van der Waals surface area contributed by atoms with Crippen LogP contribution >= 0.6 is 27.3 Å². The number of rotatable bonds is 6. The van der Waals surface area contributed by atoms with Crippen LogP contribution in [0.1, 0.15) is 21.9 Å². The van der Waals surface area contributed by atoms with Gasteiger partial charge in [-0.05, 0) is 40.8 Å². The number of hydrogen-bond acceptors (Lipinski definition) is 2. The SMILES string of the molecule is O=C(Cc1ccc(Br)cc1)NC[C@H](c1cccs1)c1c[nH]c2ccccc12. The molecule has 4 rings (SSSR count). The third-order valence-corrected chi connectivity index (χ3v) is 6.18. The van der Waals surface area contributed by atoms with Gasteiger partial charge in [0.15, 0.2) is 0 Å². The van der Waals surface area contributed by atoms with Crippen LogP contribution in [0.15, 0.2) is 76.7 Å². The quantitative estimate of drug-likeness (QED) is 0.411. The molecule has 0 aliphatic rings. The van der Waals surface area contributed by atoms with Crippen LogP contribution in [0, 0.1) is 0 Å². The monoisotopic (exact) mass is 438 g/mol. The van der Waals surface area contributed by atoms with Crippen molar-refractivity contribution in [1.29, 1.82) is 0 Å². The smallest absolute Gasteiger partial charge is 0.224 e. The average Bonchev–Trinajstić information content (AvgIpc) is 3.35. The number of hydrogen-bond donors (Lipinski definition) is 2. The van der Waals surface area contributed by atoms with E-state index in [9.17, 15) is 4.79 Å². The third-order valence-electron chi connectivity index (χ3n) is 4.66. The van der Waals surface area contributed by atoms with Gasteiger partial charge in [0.2, 0.25) is 5.91 Å². The first-order valence-corrected chi connectivity index (χ1v) is 10.5. The minimum Gasteiger partial charge on any atom is -0.361 e. The minimum atomic E-state index is 0.0405. The number of thiophene rings is 1. The normalized spacial score (nSPS) is 12.2. The van der Waals surface area contributed by atoms with Crippen LogP contribution in [0.3, 0.4) is 0 Å². The molecule has 3 nitrogen and oxygen atoms in total. The summed E-state index contributed by atoms with van der Waals surface area (Å²) in [6.45, 7) is 0.581. The van der Waals surface area contributed by atoms with E-state index in [0.717, 1.165) is 15.6 Å². The molecule has 0 saturated heterocycles. The van der Waals surface area contributed by atoms with Gasteiger partial charge in [0, 0.05) is 38.9 Å². The lowest BCUT2D eigenvalue weighted by Gasteiger charge is -2.16. The molecule has 2 heterocycles. The van der Waals surface area contributed by atoms with E-state index in [0.29, 0.717) is 13.0 Å². The molecule has 4 aromatic rings. The molecule has 0 bridgehead atoms. The number of aromatic amines is 1. The molecule has 1 amide bonds. The van der Waals surface area contributed by atoms with Crippen molar-refractivity contribution in [1.82, 2.24) is 10.3 Å². The van der Waals surface area contributed by atoms with E-state index < -0.39 is 0 Å². The van der Waals surface area contributed by atoms with Crippen LogP contribution in [0.4, 0.5) is 0 Å². The molecule has 0 radical (unpaired) electrons. The summed E-state index contributed by atoms with van der Waals surface area (Å²) in [5, 5.41) is 6.42. The molecule has 136 valence electrons. The van der Waals surface area contributed by atoms with Crippen LogP contribution in [0.25, 0.3) is 10.9 Å². The van der Waals surface area contributed by atoms with Crippen molar-refractivity contribution in [3.8, 4) is 0 Å². The van der Waals surface area contributed by atoms with Gasteiger partial charge in [-0.25, -0.2) is 0 Å². The number of para-hydroxylation sites is 1. The second-order valence-electron chi connectivity index (χ2n) is 6.46. The summed E-state index contributed by atoms with van der Waals surface area (Å²) in [6.07, 6.45) is 2.45. The van der Waals surface area contributed by atoms with Gasteiger partial charge in [0.05, 0.1) is 6.42 Å². The molecule has 0 spiro atoms. The minimum absolute atomic E-state index is 0.0405. The van der Waals surface area contributed by atoms with E-state index in [4.69, 9.17) is 0 Å². The maximum Gasteiger partial charge on any atom is 0.224 e. The molecule has 0 aliphatic heterocycles. The Morgan fingerprint density at radius 1 is 1.07 bits per heavy atom. The van der Waals surface area contributed by atoms with Crippen LogP contribution in [-0.2, 0) is 11.2 Å². The lowest BCUT2D eigenvalue weighted by Crippen LogP contribution is -2.29. The van der Waals surface area contributed by atoms with E-state index in [1.54, 1.807) is 11.3 Å². The van der Waals surface area contributed by atoms with Crippen LogP contribution in [-0.4, -0.2) is 17.4 Å². The molecule has 0 aliphatic carbocycles. The number of carbonyl (C=O) groups is 1. The Labute approximate surface area is 170 Å². The Balaban J connectivity index is 1.52. The van der Waals surface area contributed by atoms with Crippen molar-refractivity contribution in [2.45, 2.75) is 12.3 Å². The zero-order valence-corrected chi connectivity index (χ0v) is 17.0. The zero-order chi connectivity index (χ0) is 18.6. The molecular formula is C22H19BrN2OS. The molecule has 27 heavy (non-hydrogen) atoms. The van der Waals surface area contributed by atoms with Crippen LogP contribution in [0.5, 0.6) is 0 Å². The number of amides is 1. The number of aromatic nitrogens is 1. The molecule has 1 atom stereocenters. The Morgan fingerprint density at radius 3 is 2.67 bits per heavy atom. The summed E-state index contributed by atoms with van der Waals surface area (Å²) in [6, 6.07) is 20.4. The van der Waals surface area contributed by atoms with Gasteiger partial charge in [-0.2, -0.15) is 0 Å². The zero-order valence-electron chi connectivity index (χ0n) is 14.6. The fourth-order valence-electron chi connectivity index (χ4n) is 3.30. The Hall–Kier alpha value is -2.37. The summed E-state index contributed by atoms with van der Waals surface area (Å²) >= 11 is 5.15. The lowest BCUT2D eigenvalue weighted by atomic mass is 9.96. The summed E-state index contributed by atoms with van der Waals surface area (Å²) in [5.74, 6) is 0.175. The average molecular weight is 439 g/mol. The lowest BCUT2D eigenvalue weighted by molar-refractivity contribution is -0.120. The largest absolute Gasteiger partial charge is 0.361 e. The second kappa shape index (κ2) is 8.11. The first-order valence-electron chi connectivity index (χ1n) is 8.81. The predicted octanol–water partition coefficient (Wildman–Crippen LogP) is 5.48. The van der Waals surface area contributed by atoms with E-state index >= 15 is 0 Å². The topological polar surface area (TPSA) is 44.9 Å². The van der Waals surface area contributed by atoms with Gasteiger partial charge in [0.1, 0.15) is 0 Å². The first kappa shape index (κ1) is 18.0. The molecule has 2 aromatic carbocycles. The highest BCUT2D eigenvalue weighted by molar-refractivity contribution is 9.10. The van der Waals surface area contributed by atoms with Crippen molar-refractivity contribution in [2.75, 3.05) is 6.54 Å². The summed E-state index contributed by atoms with van der Waals surface area (Å²) in [5.41, 5.74) is 3.35. The molecule has 0 unspecified atom stereocenters. The Kier molecular flexibility index (Phi) is 5.41. The standard InChI is InChI=1S/C22H19BrN2OS/c23-16-9-7-15(8-10-16)12-22(26)25-14-19(21-6-3-11-27-21)18-13-24-20-5-2-1-4-17(18)20/h1-11,13,19,24H,12,14H2,(H,25,26)/t19-/m0/s1. The van der Waals surface area contributed by atoms with Gasteiger partial charge in [-0.15, -0.1) is 11.3 Å². The number of benzene rings is 2. The van der Waals surface area contributed by atoms with Crippen molar-refractivity contribution in [3.63, 3.8) is 0 Å². The molecule has 2 aromatic heterocycles. The molecule has 0 fully saturated rings. The van der Waals surface area contributed by atoms with E-state index in [1.807, 2.05) is 30.3 Å². The van der Waals surface area contributed by atoms with Crippen molar-refractivity contribution < 1.29 is 4.79 Å². The maximum atomic E-state index is 12.5. The number of carbonyl (C=O) groups excluding carboxylic acids is 1. The molecular weight excluding hydrogens is 420 g/mol. The van der Waals surface area contributed by atoms with Crippen molar-refractivity contribution >= 4 is 44.1 Å². The highest BCUT2D eigenvalue weighted by Gasteiger charge is 2.20. The fourth-order valence-corrected chi connectivity index (χ4v) is 4.41. The number of nitrogens with one attached hydrogen (secondary N) is 2. The van der Waals surface area contributed by atoms with Gasteiger partial charge in [-0.3, -0.25) is 4.79 Å². The first-order chi connectivity index (χ1) is 13.2. The van der Waals surface area contributed by atoms with E-state index in [1.165, 1.54) is 15.8 Å². The maximum absolute atomic E-state index is 12.5. The predicted molar refractivity (Wildman–Crippen MR) is 115 cm³/mol. The summed E-state index contributed by atoms with van der Waals surface area (Å²) < 4.78 is 1.02. The van der Waals surface area contributed by atoms with Crippen molar-refractivity contribution in [3.05, 3.63) is 92.7 Å². The number of H-pyrrole nitrogens is 1. The molecule has 2 N–H and O–H groups in total. The molecule has 0 saturated carbocycles. The second-order valence-corrected chi connectivity index (χ2v) is 8.36. The number of halogens is 1.